The van der Waals surface area contributed by atoms with Crippen molar-refractivity contribution in [1.82, 2.24) is 15.0 Å². The summed E-state index contributed by atoms with van der Waals surface area (Å²) in [7, 11) is 0. The van der Waals surface area contributed by atoms with Crippen molar-refractivity contribution < 1.29 is 0 Å². The van der Waals surface area contributed by atoms with Crippen LogP contribution in [-0.2, 0) is 5.41 Å². The quantitative estimate of drug-likeness (QED) is 0.785. The van der Waals surface area contributed by atoms with Crippen molar-refractivity contribution >= 4 is 37.7 Å². The minimum absolute atomic E-state index is 0.0872. The molecule has 2 heterocycles. The van der Waals surface area contributed by atoms with Gasteiger partial charge in [0.25, 0.3) is 0 Å². The second kappa shape index (κ2) is 6.40. The molecule has 0 aliphatic rings. The van der Waals surface area contributed by atoms with Gasteiger partial charge in [0.15, 0.2) is 5.82 Å². The van der Waals surface area contributed by atoms with Gasteiger partial charge in [0, 0.05) is 22.6 Å². The molecule has 4 nitrogen and oxygen atoms in total. The maximum absolute atomic E-state index is 4.71. The maximum Gasteiger partial charge on any atom is 0.180 e. The first-order chi connectivity index (χ1) is 9.82. The Hall–Kier alpha value is -1.01. The van der Waals surface area contributed by atoms with E-state index in [1.165, 1.54) is 0 Å². The van der Waals surface area contributed by atoms with Crippen molar-refractivity contribution in [3.8, 4) is 11.5 Å². The van der Waals surface area contributed by atoms with Crippen LogP contribution in [0.25, 0.3) is 11.5 Å². The van der Waals surface area contributed by atoms with Crippen LogP contribution in [0.15, 0.2) is 27.3 Å². The first kappa shape index (κ1) is 16.4. The molecule has 0 bridgehead atoms. The molecule has 0 unspecified atom stereocenters. The van der Waals surface area contributed by atoms with Crippen molar-refractivity contribution in [3.63, 3.8) is 0 Å². The van der Waals surface area contributed by atoms with Gasteiger partial charge < -0.3 is 5.32 Å². The predicted molar refractivity (Wildman–Crippen MR) is 93.5 cm³/mol. The number of anilines is 1. The van der Waals surface area contributed by atoms with Crippen molar-refractivity contribution in [1.29, 1.82) is 0 Å². The zero-order valence-corrected chi connectivity index (χ0v) is 15.7. The highest BCUT2D eigenvalue weighted by Crippen LogP contribution is 2.34. The standard InChI is InChI=1S/C15H18Br2N4/c1-5-18-14-11(17)12(15(2,3)4)20-13(21-14)10-7-6-9(16)8-19-10/h6-8H,5H2,1-4H3,(H,18,20,21). The molecule has 0 aliphatic heterocycles. The Morgan fingerprint density at radius 1 is 1.14 bits per heavy atom. The molecule has 0 aromatic carbocycles. The normalized spacial score (nSPS) is 11.5. The van der Waals surface area contributed by atoms with E-state index in [2.05, 4.69) is 67.9 Å². The molecule has 0 atom stereocenters. The molecule has 2 aromatic rings. The summed E-state index contributed by atoms with van der Waals surface area (Å²) in [6.45, 7) is 9.24. The van der Waals surface area contributed by atoms with Crippen molar-refractivity contribution in [2.75, 3.05) is 11.9 Å². The smallest absolute Gasteiger partial charge is 0.180 e. The zero-order valence-electron chi connectivity index (χ0n) is 12.5. The lowest BCUT2D eigenvalue weighted by Gasteiger charge is -2.21. The fraction of sp³-hybridized carbons (Fsp3) is 0.400. The van der Waals surface area contributed by atoms with Crippen LogP contribution in [0.5, 0.6) is 0 Å². The number of halogens is 2. The molecule has 6 heteroatoms. The minimum atomic E-state index is -0.0872. The SMILES string of the molecule is CCNc1nc(-c2ccc(Br)cn2)nc(C(C)(C)C)c1Br. The number of nitrogens with one attached hydrogen (secondary N) is 1. The summed E-state index contributed by atoms with van der Waals surface area (Å²) < 4.78 is 1.85. The third kappa shape index (κ3) is 3.80. The zero-order chi connectivity index (χ0) is 15.6. The van der Waals surface area contributed by atoms with Crippen LogP contribution in [0.3, 0.4) is 0 Å². The van der Waals surface area contributed by atoms with E-state index in [9.17, 15) is 0 Å². The molecule has 0 radical (unpaired) electrons. The largest absolute Gasteiger partial charge is 0.369 e. The first-order valence-electron chi connectivity index (χ1n) is 6.76. The summed E-state index contributed by atoms with van der Waals surface area (Å²) in [6, 6.07) is 3.85. The third-order valence-electron chi connectivity index (χ3n) is 2.86. The lowest BCUT2D eigenvalue weighted by Crippen LogP contribution is -2.17. The molecule has 0 saturated heterocycles. The van der Waals surface area contributed by atoms with E-state index in [-0.39, 0.29) is 5.41 Å². The monoisotopic (exact) mass is 412 g/mol. The van der Waals surface area contributed by atoms with E-state index in [0.29, 0.717) is 5.82 Å². The van der Waals surface area contributed by atoms with E-state index in [1.807, 2.05) is 19.1 Å². The van der Waals surface area contributed by atoms with E-state index >= 15 is 0 Å². The van der Waals surface area contributed by atoms with Gasteiger partial charge in [-0.2, -0.15) is 0 Å². The van der Waals surface area contributed by atoms with Gasteiger partial charge in [-0.15, -0.1) is 0 Å². The van der Waals surface area contributed by atoms with Crippen molar-refractivity contribution in [3.05, 3.63) is 33.0 Å². The first-order valence-corrected chi connectivity index (χ1v) is 8.35. The van der Waals surface area contributed by atoms with E-state index in [4.69, 9.17) is 4.98 Å². The van der Waals surface area contributed by atoms with Crippen LogP contribution >= 0.6 is 31.9 Å². The molecule has 112 valence electrons. The molecule has 0 amide bonds. The van der Waals surface area contributed by atoms with E-state index in [1.54, 1.807) is 6.20 Å². The molecular formula is C15H18Br2N4. The summed E-state index contributed by atoms with van der Waals surface area (Å²) in [5.74, 6) is 1.43. The predicted octanol–water partition coefficient (Wildman–Crippen LogP) is 4.79. The van der Waals surface area contributed by atoms with Crippen LogP contribution in [0, 0.1) is 0 Å². The number of hydrogen-bond donors (Lipinski definition) is 1. The van der Waals surface area contributed by atoms with Crippen molar-refractivity contribution in [2.45, 2.75) is 33.1 Å². The Labute approximate surface area is 142 Å². The fourth-order valence-corrected chi connectivity index (χ4v) is 3.00. The van der Waals surface area contributed by atoms with Gasteiger partial charge in [-0.3, -0.25) is 4.98 Å². The highest BCUT2D eigenvalue weighted by atomic mass is 79.9. The Balaban J connectivity index is 2.61. The summed E-state index contributed by atoms with van der Waals surface area (Å²) in [6.07, 6.45) is 1.75. The molecule has 2 rings (SSSR count). The average molecular weight is 414 g/mol. The number of hydrogen-bond acceptors (Lipinski definition) is 4. The van der Waals surface area contributed by atoms with Crippen LogP contribution in [0.1, 0.15) is 33.4 Å². The van der Waals surface area contributed by atoms with Gasteiger partial charge >= 0.3 is 0 Å². The molecule has 0 spiro atoms. The number of aromatic nitrogens is 3. The topological polar surface area (TPSA) is 50.7 Å². The molecule has 2 aromatic heterocycles. The van der Waals surface area contributed by atoms with Crippen molar-refractivity contribution in [2.24, 2.45) is 0 Å². The number of rotatable bonds is 3. The Bertz CT molecular complexity index is 633. The van der Waals surface area contributed by atoms with Gasteiger partial charge in [0.2, 0.25) is 0 Å². The van der Waals surface area contributed by atoms with Gasteiger partial charge in [-0.1, -0.05) is 20.8 Å². The average Bonchev–Trinajstić information content (AvgIpc) is 2.41. The summed E-state index contributed by atoms with van der Waals surface area (Å²) in [5, 5.41) is 3.27. The summed E-state index contributed by atoms with van der Waals surface area (Å²) in [5.41, 5.74) is 1.64. The molecular weight excluding hydrogens is 396 g/mol. The minimum Gasteiger partial charge on any atom is -0.369 e. The van der Waals surface area contributed by atoms with Crippen LogP contribution in [0.2, 0.25) is 0 Å². The van der Waals surface area contributed by atoms with Gasteiger partial charge in [-0.05, 0) is 50.9 Å². The lowest BCUT2D eigenvalue weighted by molar-refractivity contribution is 0.564. The Morgan fingerprint density at radius 3 is 2.38 bits per heavy atom. The fourth-order valence-electron chi connectivity index (χ4n) is 1.85. The Kier molecular flexibility index (Phi) is 4.99. The van der Waals surface area contributed by atoms with Gasteiger partial charge in [0.05, 0.1) is 10.2 Å². The van der Waals surface area contributed by atoms with E-state index in [0.717, 1.165) is 32.7 Å². The third-order valence-corrected chi connectivity index (χ3v) is 4.08. The summed E-state index contributed by atoms with van der Waals surface area (Å²) >= 11 is 7.01. The highest BCUT2D eigenvalue weighted by Gasteiger charge is 2.23. The Morgan fingerprint density at radius 2 is 1.86 bits per heavy atom. The van der Waals surface area contributed by atoms with Gasteiger partial charge in [0.1, 0.15) is 11.5 Å². The molecule has 0 aliphatic carbocycles. The van der Waals surface area contributed by atoms with Crippen LogP contribution in [-0.4, -0.2) is 21.5 Å². The summed E-state index contributed by atoms with van der Waals surface area (Å²) in [4.78, 5) is 13.7. The number of nitrogens with zero attached hydrogens (tertiary/aromatic N) is 3. The lowest BCUT2D eigenvalue weighted by atomic mass is 9.92. The highest BCUT2D eigenvalue weighted by molar-refractivity contribution is 9.11. The number of pyridine rings is 1. The van der Waals surface area contributed by atoms with E-state index < -0.39 is 0 Å². The second-order valence-corrected chi connectivity index (χ2v) is 7.41. The molecule has 0 fully saturated rings. The maximum atomic E-state index is 4.71. The van der Waals surface area contributed by atoms with Gasteiger partial charge in [-0.25, -0.2) is 9.97 Å². The molecule has 0 saturated carbocycles. The second-order valence-electron chi connectivity index (χ2n) is 5.70. The molecule has 21 heavy (non-hydrogen) atoms. The molecule has 1 N–H and O–H groups in total. The van der Waals surface area contributed by atoms with Crippen LogP contribution in [0.4, 0.5) is 5.82 Å². The van der Waals surface area contributed by atoms with Crippen LogP contribution < -0.4 is 5.32 Å².